The van der Waals surface area contributed by atoms with E-state index in [9.17, 15) is 9.59 Å². The van der Waals surface area contributed by atoms with Crippen LogP contribution >= 0.6 is 0 Å². The number of rotatable bonds is 2. The van der Waals surface area contributed by atoms with Gasteiger partial charge in [-0.05, 0) is 6.07 Å². The zero-order valence-electron chi connectivity index (χ0n) is 11.4. The molecule has 1 N–H and O–H groups in total. The van der Waals surface area contributed by atoms with E-state index < -0.39 is 0 Å². The van der Waals surface area contributed by atoms with Gasteiger partial charge < -0.3 is 19.2 Å². The molecule has 6 nitrogen and oxygen atoms in total. The number of nitrogens with one attached hydrogen (secondary N) is 1. The normalized spacial score (nSPS) is 24.7. The van der Waals surface area contributed by atoms with Crippen molar-refractivity contribution in [2.24, 2.45) is 11.8 Å². The van der Waals surface area contributed by atoms with Crippen molar-refractivity contribution in [3.8, 4) is 0 Å². The summed E-state index contributed by atoms with van der Waals surface area (Å²) >= 11 is 0. The molecule has 0 aromatic carbocycles. The number of likely N-dealkylation sites (tertiary alicyclic amines) is 1. The number of amides is 2. The molecule has 0 unspecified atom stereocenters. The van der Waals surface area contributed by atoms with Crippen LogP contribution in [0.4, 0.5) is 5.69 Å². The third kappa shape index (κ3) is 1.86. The second kappa shape index (κ2) is 4.51. The average molecular weight is 285 g/mol. The molecule has 2 saturated heterocycles. The lowest BCUT2D eigenvalue weighted by Gasteiger charge is -2.20. The Morgan fingerprint density at radius 1 is 1.29 bits per heavy atom. The van der Waals surface area contributed by atoms with Gasteiger partial charge in [0.1, 0.15) is 6.26 Å². The first-order valence-corrected chi connectivity index (χ1v) is 6.99. The molecular weight excluding hydrogens is 270 g/mol. The first-order chi connectivity index (χ1) is 10.2. The molecule has 21 heavy (non-hydrogen) atoms. The second-order valence-corrected chi connectivity index (χ2v) is 5.61. The van der Waals surface area contributed by atoms with Gasteiger partial charge in [0, 0.05) is 44.0 Å². The van der Waals surface area contributed by atoms with Crippen molar-refractivity contribution in [3.05, 3.63) is 42.6 Å². The van der Waals surface area contributed by atoms with Crippen molar-refractivity contribution in [2.45, 2.75) is 0 Å². The first-order valence-electron chi connectivity index (χ1n) is 6.99. The molecule has 2 atom stereocenters. The van der Waals surface area contributed by atoms with E-state index in [1.165, 1.54) is 0 Å². The summed E-state index contributed by atoms with van der Waals surface area (Å²) in [5.41, 5.74) is 1.45. The Balaban J connectivity index is 1.50. The fraction of sp³-hybridized carbons (Fsp3) is 0.333. The predicted molar refractivity (Wildman–Crippen MR) is 74.7 cm³/mol. The molecule has 108 valence electrons. The number of hydrogen-bond donors (Lipinski definition) is 1. The molecule has 2 aliphatic heterocycles. The smallest absolute Gasteiger partial charge is 0.255 e. The number of carbonyl (C=O) groups excluding carboxylic acids is 2. The van der Waals surface area contributed by atoms with Gasteiger partial charge in [-0.25, -0.2) is 0 Å². The van der Waals surface area contributed by atoms with Crippen LogP contribution in [0.1, 0.15) is 10.4 Å². The third-order valence-electron chi connectivity index (χ3n) is 4.39. The van der Waals surface area contributed by atoms with Gasteiger partial charge >= 0.3 is 0 Å². The predicted octanol–water partition coefficient (Wildman–Crippen LogP) is 1.34. The van der Waals surface area contributed by atoms with Gasteiger partial charge in [-0.1, -0.05) is 0 Å². The van der Waals surface area contributed by atoms with Crippen LogP contribution in [0.25, 0.3) is 0 Å². The van der Waals surface area contributed by atoms with Crippen molar-refractivity contribution in [3.63, 3.8) is 0 Å². The van der Waals surface area contributed by atoms with Gasteiger partial charge in [0.05, 0.1) is 23.4 Å². The summed E-state index contributed by atoms with van der Waals surface area (Å²) in [7, 11) is 0. The summed E-state index contributed by atoms with van der Waals surface area (Å²) in [5, 5.41) is 0. The molecule has 4 rings (SSSR count). The van der Waals surface area contributed by atoms with Crippen LogP contribution in [0.3, 0.4) is 0 Å². The molecule has 0 radical (unpaired) electrons. The fourth-order valence-electron chi connectivity index (χ4n) is 3.31. The van der Waals surface area contributed by atoms with E-state index in [4.69, 9.17) is 4.42 Å². The molecule has 6 heteroatoms. The molecule has 4 heterocycles. The number of nitrogens with zero attached hydrogens (tertiary/aromatic N) is 2. The summed E-state index contributed by atoms with van der Waals surface area (Å²) in [4.78, 5) is 31.2. The van der Waals surface area contributed by atoms with E-state index in [0.29, 0.717) is 25.2 Å². The van der Waals surface area contributed by atoms with Gasteiger partial charge in [0.15, 0.2) is 0 Å². The Morgan fingerprint density at radius 2 is 2.19 bits per heavy atom. The van der Waals surface area contributed by atoms with Crippen LogP contribution in [-0.2, 0) is 4.79 Å². The Hall–Kier alpha value is -2.50. The minimum Gasteiger partial charge on any atom is -0.470 e. The van der Waals surface area contributed by atoms with Crippen molar-refractivity contribution in [1.82, 2.24) is 9.88 Å². The minimum absolute atomic E-state index is 0.00619. The van der Waals surface area contributed by atoms with Gasteiger partial charge in [0.25, 0.3) is 5.91 Å². The van der Waals surface area contributed by atoms with Crippen molar-refractivity contribution >= 4 is 17.5 Å². The molecule has 2 amide bonds. The Kier molecular flexibility index (Phi) is 2.63. The number of anilines is 1. The van der Waals surface area contributed by atoms with Crippen LogP contribution in [0.5, 0.6) is 0 Å². The third-order valence-corrected chi connectivity index (χ3v) is 4.39. The maximum Gasteiger partial charge on any atom is 0.255 e. The molecule has 0 aliphatic carbocycles. The molecule has 2 aromatic heterocycles. The molecule has 2 aromatic rings. The lowest BCUT2D eigenvalue weighted by molar-refractivity contribution is -0.120. The number of hydrogen-bond acceptors (Lipinski definition) is 3. The maximum atomic E-state index is 12.5. The van der Waals surface area contributed by atoms with Gasteiger partial charge in [-0.3, -0.25) is 9.59 Å². The van der Waals surface area contributed by atoms with E-state index in [1.54, 1.807) is 46.9 Å². The first kappa shape index (κ1) is 12.3. The van der Waals surface area contributed by atoms with Crippen LogP contribution in [0, 0.1) is 11.8 Å². The minimum atomic E-state index is -0.0946. The number of aromatic amines is 1. The van der Waals surface area contributed by atoms with E-state index in [-0.39, 0.29) is 23.7 Å². The summed E-state index contributed by atoms with van der Waals surface area (Å²) < 4.78 is 5.04. The molecule has 2 aliphatic rings. The van der Waals surface area contributed by atoms with Crippen LogP contribution in [0.15, 0.2) is 41.5 Å². The maximum absolute atomic E-state index is 12.5. The van der Waals surface area contributed by atoms with E-state index in [2.05, 4.69) is 4.98 Å². The monoisotopic (exact) mass is 285 g/mol. The van der Waals surface area contributed by atoms with E-state index in [0.717, 1.165) is 5.69 Å². The summed E-state index contributed by atoms with van der Waals surface area (Å²) in [6, 6.07) is 3.55. The Labute approximate surface area is 121 Å². The highest BCUT2D eigenvalue weighted by Crippen LogP contribution is 2.35. The largest absolute Gasteiger partial charge is 0.470 e. The average Bonchev–Trinajstić information content (AvgIpc) is 3.25. The quantitative estimate of drug-likeness (QED) is 0.905. The summed E-state index contributed by atoms with van der Waals surface area (Å²) in [6.07, 6.45) is 6.58. The molecule has 0 saturated carbocycles. The van der Waals surface area contributed by atoms with Gasteiger partial charge in [0.2, 0.25) is 5.91 Å². The molecule has 0 spiro atoms. The van der Waals surface area contributed by atoms with Crippen molar-refractivity contribution < 1.29 is 14.0 Å². The number of carbonyl (C=O) groups is 2. The van der Waals surface area contributed by atoms with Gasteiger partial charge in [-0.15, -0.1) is 0 Å². The van der Waals surface area contributed by atoms with Crippen LogP contribution in [0.2, 0.25) is 0 Å². The number of H-pyrrole nitrogens is 1. The highest BCUT2D eigenvalue weighted by atomic mass is 16.3. The second-order valence-electron chi connectivity index (χ2n) is 5.61. The lowest BCUT2D eigenvalue weighted by Crippen LogP contribution is -2.35. The summed E-state index contributed by atoms with van der Waals surface area (Å²) in [6.45, 7) is 1.79. The standard InChI is InChI=1S/C15H15N3O3/c19-14(10-1-3-16-5-10)17-6-11-7-18(12-2-4-21-9-12)15(20)13(11)8-17/h1-5,9,11,13,16H,6-8H2/t11-,13-/m0/s1. The zero-order valence-corrected chi connectivity index (χ0v) is 11.4. The van der Waals surface area contributed by atoms with E-state index in [1.807, 2.05) is 0 Å². The van der Waals surface area contributed by atoms with Crippen LogP contribution < -0.4 is 4.90 Å². The highest BCUT2D eigenvalue weighted by Gasteiger charge is 2.48. The number of fused-ring (bicyclic) bond motifs is 1. The molecule has 2 fully saturated rings. The SMILES string of the molecule is O=C(c1cc[nH]c1)N1C[C@H]2CN(c3ccoc3)C(=O)[C@H]2C1. The Morgan fingerprint density at radius 3 is 2.86 bits per heavy atom. The highest BCUT2D eigenvalue weighted by molar-refractivity contribution is 6.00. The number of aromatic nitrogens is 1. The van der Waals surface area contributed by atoms with Crippen molar-refractivity contribution in [2.75, 3.05) is 24.5 Å². The number of furan rings is 1. The lowest BCUT2D eigenvalue weighted by atomic mass is 10.0. The molecular formula is C15H15N3O3. The topological polar surface area (TPSA) is 69.6 Å². The summed E-state index contributed by atoms with van der Waals surface area (Å²) in [5.74, 6) is 0.192. The fourth-order valence-corrected chi connectivity index (χ4v) is 3.31. The van der Waals surface area contributed by atoms with E-state index >= 15 is 0 Å². The van der Waals surface area contributed by atoms with Gasteiger partial charge in [-0.2, -0.15) is 0 Å². The Bertz CT molecular complexity index is 662. The van der Waals surface area contributed by atoms with Crippen molar-refractivity contribution in [1.29, 1.82) is 0 Å². The van der Waals surface area contributed by atoms with Crippen LogP contribution in [-0.4, -0.2) is 41.3 Å². The molecule has 0 bridgehead atoms. The zero-order chi connectivity index (χ0) is 14.4.